The normalized spacial score (nSPS) is 14.5. The monoisotopic (exact) mass is 376 g/mol. The maximum Gasteiger partial charge on any atom is 0.251 e. The molecule has 0 aliphatic carbocycles. The second-order valence-corrected chi connectivity index (χ2v) is 8.56. The van der Waals surface area contributed by atoms with Gasteiger partial charge in [-0.3, -0.25) is 4.79 Å². The Kier molecular flexibility index (Phi) is 7.66. The molecule has 2 atom stereocenters. The lowest BCUT2D eigenvalue weighted by molar-refractivity contribution is 0.0925. The molecule has 0 bridgehead atoms. The lowest BCUT2D eigenvalue weighted by Crippen LogP contribution is -2.36. The zero-order valence-electron chi connectivity index (χ0n) is 14.4. The molecule has 0 heterocycles. The van der Waals surface area contributed by atoms with Crippen molar-refractivity contribution >= 4 is 27.5 Å². The van der Waals surface area contributed by atoms with Crippen molar-refractivity contribution in [1.29, 1.82) is 0 Å². The Labute approximate surface area is 148 Å². The van der Waals surface area contributed by atoms with Crippen molar-refractivity contribution in [2.75, 3.05) is 20.7 Å². The fourth-order valence-electron chi connectivity index (χ4n) is 2.20. The SMILES string of the molecule is CC[C@@H](C[C@H](C)CO)NC(=O)c1ccc(Cl)c(S(=O)(=O)N(C)C)c1. The van der Waals surface area contributed by atoms with Crippen LogP contribution in [0.5, 0.6) is 0 Å². The third-order valence-electron chi connectivity index (χ3n) is 3.78. The summed E-state index contributed by atoms with van der Waals surface area (Å²) in [5.41, 5.74) is 0.231. The summed E-state index contributed by atoms with van der Waals surface area (Å²) in [5.74, 6) is -0.288. The summed E-state index contributed by atoms with van der Waals surface area (Å²) in [7, 11) is -0.923. The summed E-state index contributed by atoms with van der Waals surface area (Å²) < 4.78 is 25.6. The summed E-state index contributed by atoms with van der Waals surface area (Å²) in [6, 6.07) is 4.10. The standard InChI is InChI=1S/C16H25ClN2O4S/c1-5-13(8-11(2)10-20)18-16(21)12-6-7-14(17)15(9-12)24(22,23)19(3)4/h6-7,9,11,13,20H,5,8,10H2,1-4H3,(H,18,21)/t11-,13-/m0/s1. The maximum absolute atomic E-state index is 12.4. The second kappa shape index (κ2) is 8.80. The first-order chi connectivity index (χ1) is 11.1. The predicted octanol–water partition coefficient (Wildman–Crippen LogP) is 2.12. The highest BCUT2D eigenvalue weighted by Crippen LogP contribution is 2.25. The van der Waals surface area contributed by atoms with E-state index in [0.717, 1.165) is 4.31 Å². The molecule has 1 rings (SSSR count). The number of rotatable bonds is 8. The highest BCUT2D eigenvalue weighted by Gasteiger charge is 2.23. The van der Waals surface area contributed by atoms with Crippen molar-refractivity contribution in [2.24, 2.45) is 5.92 Å². The number of aliphatic hydroxyl groups is 1. The fraction of sp³-hybridized carbons (Fsp3) is 0.562. The number of carbonyl (C=O) groups excluding carboxylic acids is 1. The van der Waals surface area contributed by atoms with E-state index < -0.39 is 10.0 Å². The summed E-state index contributed by atoms with van der Waals surface area (Å²) in [5, 5.41) is 12.1. The molecule has 1 amide bonds. The van der Waals surface area contributed by atoms with Crippen molar-refractivity contribution in [3.8, 4) is 0 Å². The van der Waals surface area contributed by atoms with Gasteiger partial charge in [0.05, 0.1) is 5.02 Å². The highest BCUT2D eigenvalue weighted by atomic mass is 35.5. The van der Waals surface area contributed by atoms with Gasteiger partial charge in [-0.2, -0.15) is 0 Å². The first-order valence-corrected chi connectivity index (χ1v) is 9.59. The Balaban J connectivity index is 3.04. The van der Waals surface area contributed by atoms with Crippen molar-refractivity contribution in [2.45, 2.75) is 37.6 Å². The van der Waals surface area contributed by atoms with Gasteiger partial charge in [0.15, 0.2) is 0 Å². The van der Waals surface area contributed by atoms with E-state index in [1.807, 2.05) is 13.8 Å². The molecule has 8 heteroatoms. The first kappa shape index (κ1) is 20.9. The molecule has 0 unspecified atom stereocenters. The predicted molar refractivity (Wildman–Crippen MR) is 94.7 cm³/mol. The number of halogens is 1. The van der Waals surface area contributed by atoms with Gasteiger partial charge >= 0.3 is 0 Å². The number of hydrogen-bond donors (Lipinski definition) is 2. The van der Waals surface area contributed by atoms with Crippen LogP contribution < -0.4 is 5.32 Å². The minimum Gasteiger partial charge on any atom is -0.396 e. The van der Waals surface area contributed by atoms with Crippen molar-refractivity contribution < 1.29 is 18.3 Å². The molecule has 1 aromatic carbocycles. The molecule has 2 N–H and O–H groups in total. The van der Waals surface area contributed by atoms with E-state index in [0.29, 0.717) is 12.8 Å². The Hall–Kier alpha value is -1.15. The number of nitrogens with zero attached hydrogens (tertiary/aromatic N) is 1. The van der Waals surface area contributed by atoms with E-state index in [2.05, 4.69) is 5.32 Å². The number of benzene rings is 1. The van der Waals surface area contributed by atoms with Gasteiger partial charge in [-0.15, -0.1) is 0 Å². The van der Waals surface area contributed by atoms with E-state index in [1.54, 1.807) is 0 Å². The van der Waals surface area contributed by atoms with Gasteiger partial charge in [-0.1, -0.05) is 25.4 Å². The molecule has 0 saturated carbocycles. The molecule has 0 fully saturated rings. The number of nitrogens with one attached hydrogen (secondary N) is 1. The molecule has 1 aromatic rings. The highest BCUT2D eigenvalue weighted by molar-refractivity contribution is 7.89. The third kappa shape index (κ3) is 5.17. The summed E-state index contributed by atoms with van der Waals surface area (Å²) >= 11 is 5.98. The molecule has 0 spiro atoms. The van der Waals surface area contributed by atoms with E-state index in [4.69, 9.17) is 16.7 Å². The zero-order valence-corrected chi connectivity index (χ0v) is 16.0. The van der Waals surface area contributed by atoms with Gasteiger partial charge < -0.3 is 10.4 Å². The number of hydrogen-bond acceptors (Lipinski definition) is 4. The molecule has 24 heavy (non-hydrogen) atoms. The molecular weight excluding hydrogens is 352 g/mol. The van der Waals surface area contributed by atoms with E-state index >= 15 is 0 Å². The third-order valence-corrected chi connectivity index (χ3v) is 6.08. The Bertz CT molecular complexity index is 677. The van der Waals surface area contributed by atoms with Gasteiger partial charge in [0.1, 0.15) is 4.90 Å². The smallest absolute Gasteiger partial charge is 0.251 e. The summed E-state index contributed by atoms with van der Waals surface area (Å²) in [4.78, 5) is 12.3. The Morgan fingerprint density at radius 3 is 2.50 bits per heavy atom. The van der Waals surface area contributed by atoms with Crippen LogP contribution in [0.4, 0.5) is 0 Å². The summed E-state index contributed by atoms with van der Waals surface area (Å²) in [6.07, 6.45) is 1.36. The minimum atomic E-state index is -3.73. The maximum atomic E-state index is 12.4. The van der Waals surface area contributed by atoms with Crippen LogP contribution in [0.15, 0.2) is 23.1 Å². The molecule has 0 aromatic heterocycles. The average Bonchev–Trinajstić information content (AvgIpc) is 2.53. The van der Waals surface area contributed by atoms with Crippen LogP contribution >= 0.6 is 11.6 Å². The molecule has 0 saturated heterocycles. The largest absolute Gasteiger partial charge is 0.396 e. The van der Waals surface area contributed by atoms with Crippen LogP contribution in [-0.4, -0.2) is 50.5 Å². The van der Waals surface area contributed by atoms with Crippen LogP contribution in [0.1, 0.15) is 37.0 Å². The molecule has 0 radical (unpaired) electrons. The topological polar surface area (TPSA) is 86.7 Å². The van der Waals surface area contributed by atoms with Gasteiger partial charge in [0, 0.05) is 32.3 Å². The molecule has 0 aliphatic heterocycles. The van der Waals surface area contributed by atoms with E-state index in [9.17, 15) is 13.2 Å². The minimum absolute atomic E-state index is 0.0541. The van der Waals surface area contributed by atoms with Crippen LogP contribution in [0.2, 0.25) is 5.02 Å². The number of carbonyl (C=O) groups is 1. The first-order valence-electron chi connectivity index (χ1n) is 7.77. The second-order valence-electron chi connectivity index (χ2n) is 6.03. The van der Waals surface area contributed by atoms with E-state index in [1.165, 1.54) is 32.3 Å². The van der Waals surface area contributed by atoms with Gasteiger partial charge in [-0.25, -0.2) is 12.7 Å². The number of aliphatic hydroxyl groups excluding tert-OH is 1. The number of amides is 1. The number of sulfonamides is 1. The van der Waals surface area contributed by atoms with Crippen LogP contribution in [0, 0.1) is 5.92 Å². The van der Waals surface area contributed by atoms with Gasteiger partial charge in [0.25, 0.3) is 5.91 Å². The van der Waals surface area contributed by atoms with Gasteiger partial charge in [-0.05, 0) is 37.0 Å². The van der Waals surface area contributed by atoms with Crippen molar-refractivity contribution in [1.82, 2.24) is 9.62 Å². The average molecular weight is 377 g/mol. The fourth-order valence-corrected chi connectivity index (χ4v) is 3.59. The lowest BCUT2D eigenvalue weighted by Gasteiger charge is -2.20. The van der Waals surface area contributed by atoms with Crippen LogP contribution in [-0.2, 0) is 10.0 Å². The van der Waals surface area contributed by atoms with Crippen molar-refractivity contribution in [3.63, 3.8) is 0 Å². The van der Waals surface area contributed by atoms with Crippen LogP contribution in [0.25, 0.3) is 0 Å². The molecule has 6 nitrogen and oxygen atoms in total. The Morgan fingerprint density at radius 1 is 1.38 bits per heavy atom. The lowest BCUT2D eigenvalue weighted by atomic mass is 10.0. The summed E-state index contributed by atoms with van der Waals surface area (Å²) in [6.45, 7) is 3.90. The molecule has 0 aliphatic rings. The molecule has 136 valence electrons. The quantitative estimate of drug-likeness (QED) is 0.727. The van der Waals surface area contributed by atoms with Gasteiger partial charge in [0.2, 0.25) is 10.0 Å². The van der Waals surface area contributed by atoms with Crippen molar-refractivity contribution in [3.05, 3.63) is 28.8 Å². The molecular formula is C16H25ClN2O4S. The Morgan fingerprint density at radius 2 is 2.00 bits per heavy atom. The zero-order chi connectivity index (χ0) is 18.5. The van der Waals surface area contributed by atoms with E-state index in [-0.39, 0.29) is 40.0 Å². The van der Waals surface area contributed by atoms with Crippen LogP contribution in [0.3, 0.4) is 0 Å².